The molecule has 0 bridgehead atoms. The van der Waals surface area contributed by atoms with Gasteiger partial charge in [0, 0.05) is 6.04 Å². The summed E-state index contributed by atoms with van der Waals surface area (Å²) in [7, 11) is 0. The Balaban J connectivity index is 2.90. The number of hydrogen-bond acceptors (Lipinski definition) is 2. The Hall–Kier alpha value is -1.18. The number of ether oxygens (including phenoxy) is 1. The molecule has 1 aromatic rings. The quantitative estimate of drug-likeness (QED) is 0.792. The van der Waals surface area contributed by atoms with E-state index in [1.165, 1.54) is 5.56 Å². The fourth-order valence-electron chi connectivity index (χ4n) is 1.35. The Morgan fingerprint density at radius 3 is 2.64 bits per heavy atom. The van der Waals surface area contributed by atoms with Gasteiger partial charge in [-0.1, -0.05) is 6.07 Å². The maximum Gasteiger partial charge on any atom is 0.142 e. The average molecular weight is 193 g/mol. The maximum atomic E-state index is 5.53. The van der Waals surface area contributed by atoms with Crippen LogP contribution in [-0.2, 0) is 0 Å². The SMILES string of the molecule is CCOc1ccc(C)cc1NC(C)C. The molecule has 0 saturated heterocycles. The van der Waals surface area contributed by atoms with Crippen LogP contribution in [0.2, 0.25) is 0 Å². The van der Waals surface area contributed by atoms with Gasteiger partial charge in [-0.15, -0.1) is 0 Å². The van der Waals surface area contributed by atoms with E-state index in [-0.39, 0.29) is 0 Å². The highest BCUT2D eigenvalue weighted by atomic mass is 16.5. The largest absolute Gasteiger partial charge is 0.492 e. The van der Waals surface area contributed by atoms with Crippen LogP contribution in [0.15, 0.2) is 18.2 Å². The summed E-state index contributed by atoms with van der Waals surface area (Å²) in [6.07, 6.45) is 0. The molecular formula is C12H19NO. The third-order valence-corrected chi connectivity index (χ3v) is 1.88. The van der Waals surface area contributed by atoms with Crippen LogP contribution in [0.4, 0.5) is 5.69 Å². The van der Waals surface area contributed by atoms with Crippen LogP contribution in [0.3, 0.4) is 0 Å². The Morgan fingerprint density at radius 2 is 2.07 bits per heavy atom. The second kappa shape index (κ2) is 4.89. The predicted molar refractivity (Wildman–Crippen MR) is 61.1 cm³/mol. The molecule has 1 rings (SSSR count). The van der Waals surface area contributed by atoms with Crippen LogP contribution in [0.25, 0.3) is 0 Å². The van der Waals surface area contributed by atoms with Crippen molar-refractivity contribution in [2.75, 3.05) is 11.9 Å². The summed E-state index contributed by atoms with van der Waals surface area (Å²) in [4.78, 5) is 0. The summed E-state index contributed by atoms with van der Waals surface area (Å²) in [5.74, 6) is 0.937. The highest BCUT2D eigenvalue weighted by Gasteiger charge is 2.04. The summed E-state index contributed by atoms with van der Waals surface area (Å²) >= 11 is 0. The first-order valence-electron chi connectivity index (χ1n) is 5.13. The van der Waals surface area contributed by atoms with Crippen molar-refractivity contribution in [1.82, 2.24) is 0 Å². The van der Waals surface area contributed by atoms with Gasteiger partial charge in [-0.05, 0) is 45.4 Å². The molecule has 2 heteroatoms. The van der Waals surface area contributed by atoms with Crippen molar-refractivity contribution in [1.29, 1.82) is 0 Å². The Labute approximate surface area is 86.3 Å². The minimum atomic E-state index is 0.427. The third kappa shape index (κ3) is 2.95. The van der Waals surface area contributed by atoms with E-state index in [1.54, 1.807) is 0 Å². The molecule has 0 unspecified atom stereocenters. The molecule has 0 amide bonds. The zero-order chi connectivity index (χ0) is 10.6. The zero-order valence-electron chi connectivity index (χ0n) is 9.42. The van der Waals surface area contributed by atoms with E-state index < -0.39 is 0 Å². The molecule has 0 radical (unpaired) electrons. The topological polar surface area (TPSA) is 21.3 Å². The van der Waals surface area contributed by atoms with Crippen molar-refractivity contribution in [3.63, 3.8) is 0 Å². The average Bonchev–Trinajstić information content (AvgIpc) is 2.09. The van der Waals surface area contributed by atoms with Crippen LogP contribution < -0.4 is 10.1 Å². The van der Waals surface area contributed by atoms with Crippen LogP contribution in [-0.4, -0.2) is 12.6 Å². The van der Waals surface area contributed by atoms with Crippen LogP contribution in [0.1, 0.15) is 26.3 Å². The van der Waals surface area contributed by atoms with Gasteiger partial charge in [0.15, 0.2) is 0 Å². The van der Waals surface area contributed by atoms with Crippen molar-refractivity contribution in [2.45, 2.75) is 33.7 Å². The normalized spacial score (nSPS) is 10.4. The fourth-order valence-corrected chi connectivity index (χ4v) is 1.35. The first kappa shape index (κ1) is 10.9. The molecule has 1 N–H and O–H groups in total. The van der Waals surface area contributed by atoms with E-state index in [1.807, 2.05) is 13.0 Å². The van der Waals surface area contributed by atoms with Gasteiger partial charge in [-0.25, -0.2) is 0 Å². The summed E-state index contributed by atoms with van der Waals surface area (Å²) in [6, 6.07) is 6.63. The standard InChI is InChI=1S/C12H19NO/c1-5-14-12-7-6-10(4)8-11(12)13-9(2)3/h6-9,13H,5H2,1-4H3. The first-order valence-corrected chi connectivity index (χ1v) is 5.13. The van der Waals surface area contributed by atoms with Gasteiger partial charge < -0.3 is 10.1 Å². The van der Waals surface area contributed by atoms with Gasteiger partial charge >= 0.3 is 0 Å². The number of rotatable bonds is 4. The summed E-state index contributed by atoms with van der Waals surface area (Å²) in [5.41, 5.74) is 2.33. The highest BCUT2D eigenvalue weighted by molar-refractivity contribution is 5.58. The molecule has 0 aliphatic carbocycles. The number of benzene rings is 1. The summed E-state index contributed by atoms with van der Waals surface area (Å²) in [6.45, 7) is 9.03. The van der Waals surface area contributed by atoms with Crippen molar-refractivity contribution in [3.05, 3.63) is 23.8 Å². The van der Waals surface area contributed by atoms with Gasteiger partial charge in [-0.2, -0.15) is 0 Å². The molecule has 0 aliphatic rings. The van der Waals surface area contributed by atoms with E-state index in [2.05, 4.69) is 38.2 Å². The molecule has 0 spiro atoms. The van der Waals surface area contributed by atoms with Gasteiger partial charge in [0.2, 0.25) is 0 Å². The smallest absolute Gasteiger partial charge is 0.142 e. The monoisotopic (exact) mass is 193 g/mol. The minimum Gasteiger partial charge on any atom is -0.492 e. The molecule has 1 aromatic carbocycles. The van der Waals surface area contributed by atoms with E-state index in [0.29, 0.717) is 12.6 Å². The van der Waals surface area contributed by atoms with Crippen molar-refractivity contribution < 1.29 is 4.74 Å². The van der Waals surface area contributed by atoms with Gasteiger partial charge in [0.1, 0.15) is 5.75 Å². The lowest BCUT2D eigenvalue weighted by atomic mass is 10.2. The number of anilines is 1. The molecule has 0 aromatic heterocycles. The molecule has 0 fully saturated rings. The number of aryl methyl sites for hydroxylation is 1. The zero-order valence-corrected chi connectivity index (χ0v) is 9.42. The number of nitrogens with one attached hydrogen (secondary N) is 1. The molecule has 0 heterocycles. The Morgan fingerprint density at radius 1 is 1.36 bits per heavy atom. The van der Waals surface area contributed by atoms with E-state index in [4.69, 9.17) is 4.74 Å². The lowest BCUT2D eigenvalue weighted by molar-refractivity contribution is 0.341. The summed E-state index contributed by atoms with van der Waals surface area (Å²) in [5, 5.41) is 3.37. The molecular weight excluding hydrogens is 174 g/mol. The van der Waals surface area contributed by atoms with Crippen LogP contribution in [0.5, 0.6) is 5.75 Å². The first-order chi connectivity index (χ1) is 6.63. The fraction of sp³-hybridized carbons (Fsp3) is 0.500. The van der Waals surface area contributed by atoms with Gasteiger partial charge in [-0.3, -0.25) is 0 Å². The lowest BCUT2D eigenvalue weighted by Gasteiger charge is -2.15. The van der Waals surface area contributed by atoms with Crippen LogP contribution >= 0.6 is 0 Å². The molecule has 0 saturated carbocycles. The Bertz CT molecular complexity index is 294. The van der Waals surface area contributed by atoms with Crippen LogP contribution in [0, 0.1) is 6.92 Å². The second-order valence-electron chi connectivity index (χ2n) is 3.73. The maximum absolute atomic E-state index is 5.53. The Kier molecular flexibility index (Phi) is 3.81. The molecule has 0 aliphatic heterocycles. The molecule has 78 valence electrons. The van der Waals surface area contributed by atoms with E-state index in [9.17, 15) is 0 Å². The lowest BCUT2D eigenvalue weighted by Crippen LogP contribution is -2.11. The molecule has 2 nitrogen and oxygen atoms in total. The van der Waals surface area contributed by atoms with Crippen molar-refractivity contribution >= 4 is 5.69 Å². The predicted octanol–water partition coefficient (Wildman–Crippen LogP) is 3.21. The number of hydrogen-bond donors (Lipinski definition) is 1. The molecule has 14 heavy (non-hydrogen) atoms. The van der Waals surface area contributed by atoms with E-state index in [0.717, 1.165) is 11.4 Å². The minimum absolute atomic E-state index is 0.427. The van der Waals surface area contributed by atoms with Crippen molar-refractivity contribution in [3.8, 4) is 5.75 Å². The van der Waals surface area contributed by atoms with E-state index >= 15 is 0 Å². The van der Waals surface area contributed by atoms with Crippen molar-refractivity contribution in [2.24, 2.45) is 0 Å². The molecule has 0 atom stereocenters. The van der Waals surface area contributed by atoms with Gasteiger partial charge in [0.05, 0.1) is 12.3 Å². The third-order valence-electron chi connectivity index (χ3n) is 1.88. The second-order valence-corrected chi connectivity index (χ2v) is 3.73. The highest BCUT2D eigenvalue weighted by Crippen LogP contribution is 2.26. The summed E-state index contributed by atoms with van der Waals surface area (Å²) < 4.78 is 5.53. The van der Waals surface area contributed by atoms with Gasteiger partial charge in [0.25, 0.3) is 0 Å².